The van der Waals surface area contributed by atoms with E-state index in [-0.39, 0.29) is 13.0 Å². The molecule has 11 nitrogen and oxygen atoms in total. The summed E-state index contributed by atoms with van der Waals surface area (Å²) >= 11 is 0. The number of aliphatic hydroxyl groups excluding tert-OH is 5. The molecular formula is C68H125NO10. The summed E-state index contributed by atoms with van der Waals surface area (Å²) in [6.07, 6.45) is 58.8. The number of aliphatic hydroxyl groups is 5. The van der Waals surface area contributed by atoms with Gasteiger partial charge in [0.1, 0.15) is 24.4 Å². The molecule has 0 aromatic carbocycles. The number of hydrogen-bond donors (Lipinski definition) is 6. The molecule has 1 rings (SSSR count). The molecule has 1 heterocycles. The number of nitrogens with one attached hydrogen (secondary N) is 1. The Morgan fingerprint density at radius 3 is 1.33 bits per heavy atom. The van der Waals surface area contributed by atoms with Gasteiger partial charge >= 0.3 is 5.97 Å². The minimum absolute atomic E-state index is 0.105. The fourth-order valence-corrected chi connectivity index (χ4v) is 10.4. The topological polar surface area (TPSA) is 175 Å². The highest BCUT2D eigenvalue weighted by Gasteiger charge is 2.47. The lowest BCUT2D eigenvalue weighted by molar-refractivity contribution is -0.305. The summed E-state index contributed by atoms with van der Waals surface area (Å²) < 4.78 is 17.6. The Morgan fingerprint density at radius 2 is 0.873 bits per heavy atom. The fraction of sp³-hybridized carbons (Fsp3) is 0.853. The lowest BCUT2D eigenvalue weighted by atomic mass is 9.99. The van der Waals surface area contributed by atoms with Gasteiger partial charge in [-0.1, -0.05) is 268 Å². The summed E-state index contributed by atoms with van der Waals surface area (Å²) in [5.74, 6) is -1.20. The molecule has 462 valence electrons. The van der Waals surface area contributed by atoms with Crippen LogP contribution in [-0.2, 0) is 23.8 Å². The predicted octanol–water partition coefficient (Wildman–Crippen LogP) is 16.4. The lowest BCUT2D eigenvalue weighted by Gasteiger charge is -2.41. The molecule has 0 aliphatic carbocycles. The van der Waals surface area contributed by atoms with Crippen molar-refractivity contribution in [3.8, 4) is 0 Å². The number of unbranched alkanes of at least 4 members (excludes halogenated alkanes) is 37. The van der Waals surface area contributed by atoms with Crippen LogP contribution in [0.2, 0.25) is 0 Å². The fourth-order valence-electron chi connectivity index (χ4n) is 10.4. The van der Waals surface area contributed by atoms with Gasteiger partial charge in [-0.25, -0.2) is 0 Å². The molecule has 0 aromatic heterocycles. The van der Waals surface area contributed by atoms with Crippen LogP contribution in [-0.4, -0.2) is 99.6 Å². The number of hydrogen-bond acceptors (Lipinski definition) is 10. The molecule has 0 saturated carbocycles. The van der Waals surface area contributed by atoms with Crippen LogP contribution in [0, 0.1) is 0 Å². The van der Waals surface area contributed by atoms with Gasteiger partial charge in [0.05, 0.1) is 25.4 Å². The lowest BCUT2D eigenvalue weighted by Crippen LogP contribution is -2.61. The molecule has 1 aliphatic heterocycles. The largest absolute Gasteiger partial charge is 0.454 e. The summed E-state index contributed by atoms with van der Waals surface area (Å²) in [6, 6.07) is -1.02. The van der Waals surface area contributed by atoms with Crippen molar-refractivity contribution >= 4 is 11.9 Å². The van der Waals surface area contributed by atoms with Gasteiger partial charge in [-0.3, -0.25) is 9.59 Å². The third kappa shape index (κ3) is 43.9. The third-order valence-corrected chi connectivity index (χ3v) is 15.7. The standard InChI is InChI=1S/C68H125NO10/c1-4-7-10-13-16-19-22-24-25-26-27-28-29-30-31-32-33-34-35-36-38-40-43-46-49-52-55-61(72)67(76)69-59(60(71)54-51-48-45-42-39-21-18-15-12-9-6-3)58-77-68-66(65(75)64(74)62(57-70)78-68)79-63(73)56-53-50-47-44-41-37-23-20-17-14-11-8-5-2/h16,19,24-25,37,41,51,54,59-62,64-66,68,70-72,74-75H,4-15,17-18,20-23,26-36,38-40,42-50,52-53,55-58H2,1-3H3,(H,69,76)/b19-16-,25-24-,41-37-,54-51+. The van der Waals surface area contributed by atoms with Gasteiger partial charge in [0.2, 0.25) is 5.91 Å². The first-order valence-corrected chi connectivity index (χ1v) is 33.4. The zero-order valence-electron chi connectivity index (χ0n) is 51.2. The minimum Gasteiger partial charge on any atom is -0.454 e. The number of esters is 1. The molecular weight excluding hydrogens is 991 g/mol. The summed E-state index contributed by atoms with van der Waals surface area (Å²) in [6.45, 7) is 5.76. The first kappa shape index (κ1) is 74.6. The smallest absolute Gasteiger partial charge is 0.306 e. The minimum atomic E-state index is -1.62. The summed E-state index contributed by atoms with van der Waals surface area (Å²) in [4.78, 5) is 26.5. The van der Waals surface area contributed by atoms with Gasteiger partial charge < -0.3 is 45.1 Å². The molecule has 79 heavy (non-hydrogen) atoms. The van der Waals surface area contributed by atoms with Crippen molar-refractivity contribution in [3.63, 3.8) is 0 Å². The normalized spacial score (nSPS) is 19.1. The molecule has 0 spiro atoms. The number of carbonyl (C=O) groups excluding carboxylic acids is 2. The Morgan fingerprint density at radius 1 is 0.494 bits per heavy atom. The summed E-state index contributed by atoms with van der Waals surface area (Å²) in [7, 11) is 0. The summed E-state index contributed by atoms with van der Waals surface area (Å²) in [5, 5.41) is 57.0. The van der Waals surface area contributed by atoms with Crippen molar-refractivity contribution in [1.29, 1.82) is 0 Å². The van der Waals surface area contributed by atoms with E-state index in [9.17, 15) is 35.1 Å². The molecule has 0 aromatic rings. The van der Waals surface area contributed by atoms with Crippen molar-refractivity contribution in [2.75, 3.05) is 13.2 Å². The van der Waals surface area contributed by atoms with Crippen LogP contribution in [0.5, 0.6) is 0 Å². The average Bonchev–Trinajstić information content (AvgIpc) is 3.44. The van der Waals surface area contributed by atoms with E-state index in [1.54, 1.807) is 6.08 Å². The van der Waals surface area contributed by atoms with E-state index in [0.717, 1.165) is 70.6 Å². The number of rotatable bonds is 57. The Kier molecular flexibility index (Phi) is 53.0. The van der Waals surface area contributed by atoms with Gasteiger partial charge in [-0.2, -0.15) is 0 Å². The Labute approximate surface area is 485 Å². The van der Waals surface area contributed by atoms with E-state index in [1.807, 2.05) is 6.08 Å². The van der Waals surface area contributed by atoms with Crippen LogP contribution >= 0.6 is 0 Å². The molecule has 0 radical (unpaired) electrons. The Hall–Kier alpha value is -2.38. The van der Waals surface area contributed by atoms with Gasteiger partial charge in [0.25, 0.3) is 0 Å². The molecule has 6 N–H and O–H groups in total. The second kappa shape index (κ2) is 56.1. The highest BCUT2D eigenvalue weighted by Crippen LogP contribution is 2.26. The van der Waals surface area contributed by atoms with Crippen LogP contribution < -0.4 is 5.32 Å². The zero-order valence-corrected chi connectivity index (χ0v) is 51.2. The monoisotopic (exact) mass is 1120 g/mol. The predicted molar refractivity (Wildman–Crippen MR) is 329 cm³/mol. The molecule has 8 atom stereocenters. The van der Waals surface area contributed by atoms with Gasteiger partial charge in [0.15, 0.2) is 12.4 Å². The van der Waals surface area contributed by atoms with Crippen LogP contribution in [0.4, 0.5) is 0 Å². The number of allylic oxidation sites excluding steroid dienone is 7. The molecule has 11 heteroatoms. The maximum absolute atomic E-state index is 13.4. The average molecular weight is 1120 g/mol. The van der Waals surface area contributed by atoms with Crippen molar-refractivity contribution in [3.05, 3.63) is 48.6 Å². The van der Waals surface area contributed by atoms with Crippen molar-refractivity contribution < 1.29 is 49.3 Å². The number of carbonyl (C=O) groups is 2. The van der Waals surface area contributed by atoms with Crippen molar-refractivity contribution in [2.24, 2.45) is 0 Å². The maximum atomic E-state index is 13.4. The first-order chi connectivity index (χ1) is 38.7. The number of ether oxygens (including phenoxy) is 3. The number of amides is 1. The Balaban J connectivity index is 2.55. The maximum Gasteiger partial charge on any atom is 0.306 e. The molecule has 1 saturated heterocycles. The second-order valence-corrected chi connectivity index (χ2v) is 23.2. The van der Waals surface area contributed by atoms with E-state index in [1.165, 1.54) is 193 Å². The quantitative estimate of drug-likeness (QED) is 0.0195. The molecule has 0 bridgehead atoms. The first-order valence-electron chi connectivity index (χ1n) is 33.4. The van der Waals surface area contributed by atoms with Crippen molar-refractivity contribution in [2.45, 2.75) is 359 Å². The van der Waals surface area contributed by atoms with Crippen LogP contribution in [0.15, 0.2) is 48.6 Å². The van der Waals surface area contributed by atoms with E-state index in [2.05, 4.69) is 62.5 Å². The highest BCUT2D eigenvalue weighted by molar-refractivity contribution is 5.80. The van der Waals surface area contributed by atoms with Crippen LogP contribution in [0.1, 0.15) is 310 Å². The van der Waals surface area contributed by atoms with E-state index < -0.39 is 67.4 Å². The van der Waals surface area contributed by atoms with Crippen molar-refractivity contribution in [1.82, 2.24) is 5.32 Å². The van der Waals surface area contributed by atoms with E-state index in [4.69, 9.17) is 14.2 Å². The van der Waals surface area contributed by atoms with Crippen LogP contribution in [0.3, 0.4) is 0 Å². The van der Waals surface area contributed by atoms with E-state index in [0.29, 0.717) is 19.3 Å². The molecule has 1 aliphatic rings. The van der Waals surface area contributed by atoms with E-state index >= 15 is 0 Å². The van der Waals surface area contributed by atoms with Gasteiger partial charge in [-0.05, 0) is 83.5 Å². The molecule has 1 fully saturated rings. The van der Waals surface area contributed by atoms with Gasteiger partial charge in [0, 0.05) is 6.42 Å². The zero-order chi connectivity index (χ0) is 57.5. The molecule has 1 amide bonds. The Bertz CT molecular complexity index is 1470. The summed E-state index contributed by atoms with van der Waals surface area (Å²) in [5.41, 5.74) is 0. The molecule has 8 unspecified atom stereocenters. The highest BCUT2D eigenvalue weighted by atomic mass is 16.7. The second-order valence-electron chi connectivity index (χ2n) is 23.2. The van der Waals surface area contributed by atoms with Gasteiger partial charge in [-0.15, -0.1) is 0 Å². The SMILES string of the molecule is CCCCC/C=C\C/C=C\CCCCCCCCCCCCCCCCCCC(O)C(=O)NC(COC1OC(CO)C(O)C(O)C1OC(=O)CCCCC/C=C\CCCCCCCC)C(O)/C=C/CCCCCCCCCCC. The third-order valence-electron chi connectivity index (χ3n) is 15.7. The van der Waals surface area contributed by atoms with Crippen LogP contribution in [0.25, 0.3) is 0 Å².